The van der Waals surface area contributed by atoms with Crippen molar-refractivity contribution >= 4 is 11.9 Å². The summed E-state index contributed by atoms with van der Waals surface area (Å²) in [7, 11) is 0. The van der Waals surface area contributed by atoms with Gasteiger partial charge in [0, 0.05) is 12.8 Å². The molecule has 0 amide bonds. The molecule has 0 radical (unpaired) electrons. The second kappa shape index (κ2) is 4.53. The lowest BCUT2D eigenvalue weighted by Crippen LogP contribution is -2.51. The van der Waals surface area contributed by atoms with Crippen molar-refractivity contribution in [2.24, 2.45) is 5.92 Å². The summed E-state index contributed by atoms with van der Waals surface area (Å²) in [6.45, 7) is 6.47. The van der Waals surface area contributed by atoms with Gasteiger partial charge < -0.3 is 14.2 Å². The molecule has 0 aliphatic carbocycles. The summed E-state index contributed by atoms with van der Waals surface area (Å²) in [5, 5.41) is 0. The van der Waals surface area contributed by atoms with Crippen LogP contribution in [0.4, 0.5) is 0 Å². The van der Waals surface area contributed by atoms with Crippen LogP contribution >= 0.6 is 0 Å². The maximum absolute atomic E-state index is 12.0. The SMILES string of the molecule is CCOC(=O)C1CC(=O)OC12CCOC(C)(C)C2. The molecule has 2 unspecified atom stereocenters. The van der Waals surface area contributed by atoms with Gasteiger partial charge in [0.05, 0.1) is 25.2 Å². The number of hydrogen-bond donors (Lipinski definition) is 0. The average molecular weight is 256 g/mol. The highest BCUT2D eigenvalue weighted by molar-refractivity contribution is 5.84. The molecule has 2 heterocycles. The molecule has 5 heteroatoms. The van der Waals surface area contributed by atoms with Crippen LogP contribution in [0.1, 0.15) is 40.0 Å². The summed E-state index contributed by atoms with van der Waals surface area (Å²) >= 11 is 0. The van der Waals surface area contributed by atoms with Gasteiger partial charge in [0.1, 0.15) is 11.5 Å². The first-order chi connectivity index (χ1) is 8.38. The molecule has 2 rings (SSSR count). The van der Waals surface area contributed by atoms with Crippen molar-refractivity contribution in [3.63, 3.8) is 0 Å². The van der Waals surface area contributed by atoms with Crippen LogP contribution in [0.25, 0.3) is 0 Å². The number of rotatable bonds is 2. The Morgan fingerprint density at radius 3 is 2.83 bits per heavy atom. The summed E-state index contributed by atoms with van der Waals surface area (Å²) in [4.78, 5) is 23.6. The van der Waals surface area contributed by atoms with Crippen LogP contribution < -0.4 is 0 Å². The summed E-state index contributed by atoms with van der Waals surface area (Å²) in [5.41, 5.74) is -1.11. The van der Waals surface area contributed by atoms with Gasteiger partial charge in [-0.15, -0.1) is 0 Å². The minimum atomic E-state index is -0.731. The molecule has 102 valence electrons. The molecule has 0 saturated carbocycles. The molecule has 0 aromatic rings. The highest BCUT2D eigenvalue weighted by Crippen LogP contribution is 2.45. The fourth-order valence-electron chi connectivity index (χ4n) is 2.98. The Morgan fingerprint density at radius 1 is 1.50 bits per heavy atom. The molecule has 5 nitrogen and oxygen atoms in total. The van der Waals surface area contributed by atoms with E-state index in [1.165, 1.54) is 0 Å². The second-order valence-corrected chi connectivity index (χ2v) is 5.58. The van der Waals surface area contributed by atoms with Gasteiger partial charge in [0.25, 0.3) is 0 Å². The largest absolute Gasteiger partial charge is 0.466 e. The molecular weight excluding hydrogens is 236 g/mol. The van der Waals surface area contributed by atoms with Gasteiger partial charge in [0.2, 0.25) is 0 Å². The van der Waals surface area contributed by atoms with Crippen molar-refractivity contribution < 1.29 is 23.8 Å². The number of hydrogen-bond acceptors (Lipinski definition) is 5. The van der Waals surface area contributed by atoms with E-state index in [4.69, 9.17) is 14.2 Å². The summed E-state index contributed by atoms with van der Waals surface area (Å²) in [6.07, 6.45) is 1.22. The highest BCUT2D eigenvalue weighted by Gasteiger charge is 2.57. The van der Waals surface area contributed by atoms with E-state index >= 15 is 0 Å². The Hall–Kier alpha value is -1.10. The monoisotopic (exact) mass is 256 g/mol. The summed E-state index contributed by atoms with van der Waals surface area (Å²) in [6, 6.07) is 0. The summed E-state index contributed by atoms with van der Waals surface area (Å²) < 4.78 is 16.2. The lowest BCUT2D eigenvalue weighted by molar-refractivity contribution is -0.185. The Kier molecular flexibility index (Phi) is 3.36. The minimum Gasteiger partial charge on any atom is -0.466 e. The van der Waals surface area contributed by atoms with E-state index in [-0.39, 0.29) is 24.0 Å². The third kappa shape index (κ3) is 2.36. The highest BCUT2D eigenvalue weighted by atomic mass is 16.6. The number of ether oxygens (including phenoxy) is 3. The Bertz CT molecular complexity index is 362. The van der Waals surface area contributed by atoms with E-state index in [1.54, 1.807) is 6.92 Å². The van der Waals surface area contributed by atoms with Crippen molar-refractivity contribution in [3.05, 3.63) is 0 Å². The van der Waals surface area contributed by atoms with Crippen LogP contribution in [0.3, 0.4) is 0 Å². The quantitative estimate of drug-likeness (QED) is 0.700. The van der Waals surface area contributed by atoms with Crippen LogP contribution in [-0.2, 0) is 23.8 Å². The van der Waals surface area contributed by atoms with Gasteiger partial charge in [-0.25, -0.2) is 0 Å². The Labute approximate surface area is 107 Å². The topological polar surface area (TPSA) is 61.8 Å². The predicted molar refractivity (Wildman–Crippen MR) is 62.8 cm³/mol. The van der Waals surface area contributed by atoms with E-state index in [0.29, 0.717) is 26.1 Å². The van der Waals surface area contributed by atoms with Gasteiger partial charge in [0.15, 0.2) is 0 Å². The zero-order valence-electron chi connectivity index (χ0n) is 11.2. The van der Waals surface area contributed by atoms with E-state index in [0.717, 1.165) is 0 Å². The first kappa shape index (κ1) is 13.3. The molecule has 18 heavy (non-hydrogen) atoms. The van der Waals surface area contributed by atoms with E-state index < -0.39 is 11.5 Å². The molecule has 2 fully saturated rings. The smallest absolute Gasteiger partial charge is 0.313 e. The number of carbonyl (C=O) groups is 2. The first-order valence-corrected chi connectivity index (χ1v) is 6.41. The maximum atomic E-state index is 12.0. The van der Waals surface area contributed by atoms with Gasteiger partial charge in [-0.05, 0) is 20.8 Å². The van der Waals surface area contributed by atoms with Gasteiger partial charge in [-0.3, -0.25) is 9.59 Å². The zero-order chi connectivity index (χ0) is 13.4. The lowest BCUT2D eigenvalue weighted by atomic mass is 9.75. The fourth-order valence-corrected chi connectivity index (χ4v) is 2.98. The number of carbonyl (C=O) groups excluding carboxylic acids is 2. The van der Waals surface area contributed by atoms with Gasteiger partial charge >= 0.3 is 11.9 Å². The standard InChI is InChI=1S/C13H20O5/c1-4-16-11(15)9-7-10(14)18-13(9)5-6-17-12(2,3)8-13/h9H,4-8H2,1-3H3. The molecule has 0 N–H and O–H groups in total. The van der Waals surface area contributed by atoms with Crippen LogP contribution in [-0.4, -0.2) is 36.4 Å². The first-order valence-electron chi connectivity index (χ1n) is 6.41. The maximum Gasteiger partial charge on any atom is 0.313 e. The molecule has 2 aliphatic rings. The summed E-state index contributed by atoms with van der Waals surface area (Å²) in [5.74, 6) is -1.14. The van der Waals surface area contributed by atoms with Crippen molar-refractivity contribution in [1.82, 2.24) is 0 Å². The second-order valence-electron chi connectivity index (χ2n) is 5.58. The zero-order valence-corrected chi connectivity index (χ0v) is 11.2. The molecule has 2 aliphatic heterocycles. The van der Waals surface area contributed by atoms with Crippen LogP contribution in [0.15, 0.2) is 0 Å². The minimum absolute atomic E-state index is 0.120. The van der Waals surface area contributed by atoms with Gasteiger partial charge in [-0.2, -0.15) is 0 Å². The van der Waals surface area contributed by atoms with E-state index in [2.05, 4.69) is 0 Å². The third-order valence-corrected chi connectivity index (χ3v) is 3.64. The lowest BCUT2D eigenvalue weighted by Gasteiger charge is -2.43. The Balaban J connectivity index is 2.22. The van der Waals surface area contributed by atoms with Crippen LogP contribution in [0, 0.1) is 5.92 Å². The van der Waals surface area contributed by atoms with Crippen molar-refractivity contribution in [2.75, 3.05) is 13.2 Å². The molecule has 0 aromatic heterocycles. The molecule has 2 saturated heterocycles. The number of esters is 2. The predicted octanol–water partition coefficient (Wildman–Crippen LogP) is 1.44. The average Bonchev–Trinajstić information content (AvgIpc) is 2.53. The Morgan fingerprint density at radius 2 is 2.22 bits per heavy atom. The van der Waals surface area contributed by atoms with Gasteiger partial charge in [-0.1, -0.05) is 0 Å². The molecule has 1 spiro atoms. The molecule has 0 aromatic carbocycles. The molecular formula is C13H20O5. The van der Waals surface area contributed by atoms with Crippen molar-refractivity contribution in [2.45, 2.75) is 51.2 Å². The fraction of sp³-hybridized carbons (Fsp3) is 0.846. The van der Waals surface area contributed by atoms with Crippen LogP contribution in [0.5, 0.6) is 0 Å². The molecule has 2 atom stereocenters. The van der Waals surface area contributed by atoms with E-state index in [9.17, 15) is 9.59 Å². The van der Waals surface area contributed by atoms with Crippen molar-refractivity contribution in [3.8, 4) is 0 Å². The van der Waals surface area contributed by atoms with Crippen molar-refractivity contribution in [1.29, 1.82) is 0 Å². The third-order valence-electron chi connectivity index (χ3n) is 3.64. The normalized spacial score (nSPS) is 34.4. The van der Waals surface area contributed by atoms with E-state index in [1.807, 2.05) is 13.8 Å². The molecule has 0 bridgehead atoms. The van der Waals surface area contributed by atoms with Crippen LogP contribution in [0.2, 0.25) is 0 Å².